The maximum absolute atomic E-state index is 12.3. The lowest BCUT2D eigenvalue weighted by Gasteiger charge is -2.35. The predicted molar refractivity (Wildman–Crippen MR) is 93.9 cm³/mol. The van der Waals surface area contributed by atoms with E-state index in [9.17, 15) is 4.79 Å². The van der Waals surface area contributed by atoms with E-state index in [0.717, 1.165) is 44.0 Å². The SMILES string of the molecule is Cc1ccc(C)c(OCCC(=O)N2CCN(CC(C)C)CC2)c1. The van der Waals surface area contributed by atoms with Crippen LogP contribution in [0, 0.1) is 19.8 Å². The van der Waals surface area contributed by atoms with Crippen molar-refractivity contribution < 1.29 is 9.53 Å². The zero-order valence-electron chi connectivity index (χ0n) is 15.0. The number of hydrogen-bond acceptors (Lipinski definition) is 3. The first kappa shape index (κ1) is 17.8. The van der Waals surface area contributed by atoms with Crippen LogP contribution in [0.4, 0.5) is 0 Å². The van der Waals surface area contributed by atoms with E-state index in [4.69, 9.17) is 4.74 Å². The van der Waals surface area contributed by atoms with Gasteiger partial charge >= 0.3 is 0 Å². The van der Waals surface area contributed by atoms with E-state index in [1.807, 2.05) is 24.8 Å². The van der Waals surface area contributed by atoms with Gasteiger partial charge in [0.2, 0.25) is 5.91 Å². The lowest BCUT2D eigenvalue weighted by atomic mass is 10.1. The summed E-state index contributed by atoms with van der Waals surface area (Å²) in [5, 5.41) is 0. The second kappa shape index (κ2) is 8.34. The second-order valence-corrected chi connectivity index (χ2v) is 6.94. The molecule has 0 aromatic heterocycles. The van der Waals surface area contributed by atoms with Gasteiger partial charge in [-0.3, -0.25) is 9.69 Å². The Morgan fingerprint density at radius 1 is 1.17 bits per heavy atom. The van der Waals surface area contributed by atoms with E-state index >= 15 is 0 Å². The van der Waals surface area contributed by atoms with Crippen molar-refractivity contribution in [2.45, 2.75) is 34.1 Å². The Hall–Kier alpha value is -1.55. The third kappa shape index (κ3) is 5.54. The molecule has 0 radical (unpaired) electrons. The summed E-state index contributed by atoms with van der Waals surface area (Å²) in [7, 11) is 0. The lowest BCUT2D eigenvalue weighted by Crippen LogP contribution is -2.49. The van der Waals surface area contributed by atoms with Crippen molar-refractivity contribution in [3.05, 3.63) is 29.3 Å². The van der Waals surface area contributed by atoms with Crippen LogP contribution in [0.1, 0.15) is 31.4 Å². The highest BCUT2D eigenvalue weighted by Gasteiger charge is 2.21. The number of piperazine rings is 1. The number of aryl methyl sites for hydroxylation is 2. The average molecular weight is 318 g/mol. The van der Waals surface area contributed by atoms with E-state index in [1.54, 1.807) is 0 Å². The number of hydrogen-bond donors (Lipinski definition) is 0. The molecule has 4 nitrogen and oxygen atoms in total. The first-order chi connectivity index (χ1) is 11.0. The number of carbonyl (C=O) groups is 1. The average Bonchev–Trinajstić information content (AvgIpc) is 2.50. The molecule has 0 bridgehead atoms. The predicted octanol–water partition coefficient (Wildman–Crippen LogP) is 2.87. The van der Waals surface area contributed by atoms with Gasteiger partial charge < -0.3 is 9.64 Å². The monoisotopic (exact) mass is 318 g/mol. The highest BCUT2D eigenvalue weighted by molar-refractivity contribution is 5.76. The van der Waals surface area contributed by atoms with E-state index in [1.165, 1.54) is 5.56 Å². The van der Waals surface area contributed by atoms with Gasteiger partial charge in [0, 0.05) is 32.7 Å². The smallest absolute Gasteiger partial charge is 0.226 e. The molecule has 2 rings (SSSR count). The Morgan fingerprint density at radius 3 is 2.52 bits per heavy atom. The molecule has 128 valence electrons. The van der Waals surface area contributed by atoms with Crippen LogP contribution in [-0.4, -0.2) is 55.0 Å². The first-order valence-corrected chi connectivity index (χ1v) is 8.66. The third-order valence-electron chi connectivity index (χ3n) is 4.27. The van der Waals surface area contributed by atoms with Crippen molar-refractivity contribution in [2.24, 2.45) is 5.92 Å². The van der Waals surface area contributed by atoms with E-state index in [0.29, 0.717) is 18.9 Å². The number of nitrogens with zero attached hydrogens (tertiary/aromatic N) is 2. The van der Waals surface area contributed by atoms with Gasteiger partial charge in [0.05, 0.1) is 13.0 Å². The molecule has 0 unspecified atom stereocenters. The van der Waals surface area contributed by atoms with Crippen molar-refractivity contribution in [1.29, 1.82) is 0 Å². The molecule has 4 heteroatoms. The lowest BCUT2D eigenvalue weighted by molar-refractivity contribution is -0.133. The summed E-state index contributed by atoms with van der Waals surface area (Å²) in [4.78, 5) is 16.7. The molecule has 0 atom stereocenters. The Kier molecular flexibility index (Phi) is 6.46. The summed E-state index contributed by atoms with van der Waals surface area (Å²) in [6.07, 6.45) is 0.456. The highest BCUT2D eigenvalue weighted by atomic mass is 16.5. The first-order valence-electron chi connectivity index (χ1n) is 8.66. The zero-order chi connectivity index (χ0) is 16.8. The molecule has 1 aromatic carbocycles. The third-order valence-corrected chi connectivity index (χ3v) is 4.27. The molecule has 0 saturated carbocycles. The molecule has 1 saturated heterocycles. The number of ether oxygens (including phenoxy) is 1. The molecule has 0 spiro atoms. The Labute approximate surface area is 140 Å². The molecule has 1 aromatic rings. The maximum Gasteiger partial charge on any atom is 0.226 e. The minimum atomic E-state index is 0.208. The van der Waals surface area contributed by atoms with Crippen LogP contribution in [-0.2, 0) is 4.79 Å². The number of amides is 1. The maximum atomic E-state index is 12.3. The van der Waals surface area contributed by atoms with Crippen molar-refractivity contribution in [3.63, 3.8) is 0 Å². The molecule has 1 aliphatic rings. The zero-order valence-corrected chi connectivity index (χ0v) is 15.0. The van der Waals surface area contributed by atoms with Crippen LogP contribution in [0.3, 0.4) is 0 Å². The number of benzene rings is 1. The minimum Gasteiger partial charge on any atom is -0.493 e. The molecule has 0 aliphatic carbocycles. The second-order valence-electron chi connectivity index (χ2n) is 6.94. The quantitative estimate of drug-likeness (QED) is 0.808. The Balaban J connectivity index is 1.72. The Morgan fingerprint density at radius 2 is 1.87 bits per heavy atom. The summed E-state index contributed by atoms with van der Waals surface area (Å²) >= 11 is 0. The van der Waals surface area contributed by atoms with Crippen LogP contribution in [0.15, 0.2) is 18.2 Å². The van der Waals surface area contributed by atoms with E-state index in [-0.39, 0.29) is 5.91 Å². The molecular weight excluding hydrogens is 288 g/mol. The van der Waals surface area contributed by atoms with Gasteiger partial charge in [0.1, 0.15) is 5.75 Å². The van der Waals surface area contributed by atoms with Crippen LogP contribution in [0.25, 0.3) is 0 Å². The summed E-state index contributed by atoms with van der Waals surface area (Å²) in [5.41, 5.74) is 2.29. The van der Waals surface area contributed by atoms with Gasteiger partial charge in [-0.15, -0.1) is 0 Å². The molecule has 23 heavy (non-hydrogen) atoms. The van der Waals surface area contributed by atoms with Crippen LogP contribution in [0.5, 0.6) is 5.75 Å². The fraction of sp³-hybridized carbons (Fsp3) is 0.632. The fourth-order valence-electron chi connectivity index (χ4n) is 2.97. The fourth-order valence-corrected chi connectivity index (χ4v) is 2.97. The van der Waals surface area contributed by atoms with Crippen molar-refractivity contribution in [2.75, 3.05) is 39.3 Å². The number of carbonyl (C=O) groups excluding carboxylic acids is 1. The topological polar surface area (TPSA) is 32.8 Å². The molecule has 1 heterocycles. The van der Waals surface area contributed by atoms with Crippen molar-refractivity contribution in [1.82, 2.24) is 9.80 Å². The van der Waals surface area contributed by atoms with Crippen LogP contribution >= 0.6 is 0 Å². The van der Waals surface area contributed by atoms with Gasteiger partial charge in [-0.25, -0.2) is 0 Å². The van der Waals surface area contributed by atoms with E-state index < -0.39 is 0 Å². The van der Waals surface area contributed by atoms with Crippen LogP contribution < -0.4 is 4.74 Å². The van der Waals surface area contributed by atoms with Crippen LogP contribution in [0.2, 0.25) is 0 Å². The summed E-state index contributed by atoms with van der Waals surface area (Å²) in [6.45, 7) is 13.8. The highest BCUT2D eigenvalue weighted by Crippen LogP contribution is 2.19. The van der Waals surface area contributed by atoms with Gasteiger partial charge in [0.15, 0.2) is 0 Å². The largest absolute Gasteiger partial charge is 0.493 e. The van der Waals surface area contributed by atoms with Gasteiger partial charge in [-0.05, 0) is 37.0 Å². The van der Waals surface area contributed by atoms with Gasteiger partial charge in [-0.2, -0.15) is 0 Å². The molecule has 1 fully saturated rings. The normalized spacial score (nSPS) is 16.0. The molecular formula is C19H30N2O2. The standard InChI is InChI=1S/C19H30N2O2/c1-15(2)14-20-8-10-21(11-9-20)19(22)7-12-23-18-13-16(3)5-6-17(18)4/h5-6,13,15H,7-12,14H2,1-4H3. The van der Waals surface area contributed by atoms with Gasteiger partial charge in [0.25, 0.3) is 0 Å². The number of rotatable bonds is 6. The summed E-state index contributed by atoms with van der Waals surface area (Å²) in [5.74, 6) is 1.78. The van der Waals surface area contributed by atoms with Gasteiger partial charge in [-0.1, -0.05) is 26.0 Å². The molecule has 1 amide bonds. The van der Waals surface area contributed by atoms with E-state index in [2.05, 4.69) is 30.9 Å². The van der Waals surface area contributed by atoms with Crippen molar-refractivity contribution in [3.8, 4) is 5.75 Å². The molecule has 0 N–H and O–H groups in total. The molecule has 1 aliphatic heterocycles. The summed E-state index contributed by atoms with van der Waals surface area (Å²) in [6, 6.07) is 6.16. The minimum absolute atomic E-state index is 0.208. The Bertz CT molecular complexity index is 520. The summed E-state index contributed by atoms with van der Waals surface area (Å²) < 4.78 is 5.79. The van der Waals surface area contributed by atoms with Crippen molar-refractivity contribution >= 4 is 5.91 Å².